The molecule has 12 aromatic rings. The molecule has 0 fully saturated rings. The summed E-state index contributed by atoms with van der Waals surface area (Å²) in [5.41, 5.74) is 12.0. The molecule has 0 aliphatic rings. The number of furan rings is 2. The fourth-order valence-corrected chi connectivity index (χ4v) is 8.42. The number of para-hydroxylation sites is 3. The van der Waals surface area contributed by atoms with Gasteiger partial charge in [0.25, 0.3) is 0 Å². The van der Waals surface area contributed by atoms with Gasteiger partial charge in [-0.1, -0.05) is 84.9 Å². The van der Waals surface area contributed by atoms with Gasteiger partial charge in [-0.25, -0.2) is 4.98 Å². The number of oxazole rings is 1. The molecule has 0 aliphatic heterocycles. The third-order valence-electron chi connectivity index (χ3n) is 10.8. The van der Waals surface area contributed by atoms with Crippen LogP contribution in [-0.4, -0.2) is 9.55 Å². The molecule has 0 aliphatic carbocycles. The van der Waals surface area contributed by atoms with Gasteiger partial charge in [-0.2, -0.15) is 0 Å². The molecule has 0 saturated carbocycles. The molecule has 8 aromatic carbocycles. The minimum Gasteiger partial charge on any atom is -0.456 e. The predicted molar refractivity (Wildman–Crippen MR) is 223 cm³/mol. The lowest BCUT2D eigenvalue weighted by atomic mass is 10.0. The lowest BCUT2D eigenvalue weighted by Gasteiger charge is -2.27. The summed E-state index contributed by atoms with van der Waals surface area (Å²) in [5, 5.41) is 6.40. The van der Waals surface area contributed by atoms with Crippen LogP contribution in [0.2, 0.25) is 0 Å². The molecule has 6 heteroatoms. The van der Waals surface area contributed by atoms with E-state index in [1.165, 1.54) is 5.39 Å². The highest BCUT2D eigenvalue weighted by Gasteiger charge is 2.25. The van der Waals surface area contributed by atoms with Crippen molar-refractivity contribution in [2.75, 3.05) is 4.90 Å². The molecule has 0 bridgehead atoms. The molecule has 4 aromatic heterocycles. The standard InChI is InChI=1S/C49H29N3O3/c1-3-13-30(14-4-1)49-50-37-28-36-45(29-46(37)55-49)54-44-24-12-22-41(48(36)44)52(32-25-26-43-35(27-32)33-17-8-10-23-42(33)53-43)40-21-11-20-39-47(40)34-18-7-9-19-38(34)51(39)31-15-5-2-6-16-31/h1-29H. The number of hydrogen-bond acceptors (Lipinski definition) is 5. The Labute approximate surface area is 313 Å². The topological polar surface area (TPSA) is 60.5 Å². The Morgan fingerprint density at radius 2 is 1.09 bits per heavy atom. The molecule has 0 spiro atoms. The van der Waals surface area contributed by atoms with E-state index >= 15 is 0 Å². The molecule has 0 amide bonds. The predicted octanol–water partition coefficient (Wildman–Crippen LogP) is 13.9. The van der Waals surface area contributed by atoms with Crippen LogP contribution >= 0.6 is 0 Å². The number of hydrogen-bond donors (Lipinski definition) is 0. The molecule has 12 rings (SSSR count). The van der Waals surface area contributed by atoms with Crippen LogP contribution in [0.1, 0.15) is 0 Å². The van der Waals surface area contributed by atoms with E-state index < -0.39 is 0 Å². The average Bonchev–Trinajstić information content (AvgIpc) is 4.01. The zero-order chi connectivity index (χ0) is 36.0. The SMILES string of the molecule is c1ccc(-c2nc3cc4c(cc3o2)oc2cccc(N(c3ccc5oc6ccccc6c5c3)c3cccc5c3c3ccccc3n5-c3ccccc3)c24)cc1. The van der Waals surface area contributed by atoms with Crippen molar-refractivity contribution in [2.24, 2.45) is 0 Å². The van der Waals surface area contributed by atoms with Gasteiger partial charge in [-0.05, 0) is 84.9 Å². The Balaban J connectivity index is 1.17. The summed E-state index contributed by atoms with van der Waals surface area (Å²) in [7, 11) is 0. The second-order valence-electron chi connectivity index (χ2n) is 13.9. The monoisotopic (exact) mass is 707 g/mol. The van der Waals surface area contributed by atoms with E-state index in [0.717, 1.165) is 94.1 Å². The normalized spacial score (nSPS) is 12.0. The van der Waals surface area contributed by atoms with Crippen molar-refractivity contribution in [3.8, 4) is 17.1 Å². The fourth-order valence-electron chi connectivity index (χ4n) is 8.42. The molecular formula is C49H29N3O3. The number of aromatic nitrogens is 2. The largest absolute Gasteiger partial charge is 0.456 e. The molecule has 0 radical (unpaired) electrons. The van der Waals surface area contributed by atoms with Crippen molar-refractivity contribution in [1.82, 2.24) is 9.55 Å². The van der Waals surface area contributed by atoms with Gasteiger partial charge in [0.2, 0.25) is 5.89 Å². The van der Waals surface area contributed by atoms with Crippen molar-refractivity contribution in [2.45, 2.75) is 0 Å². The lowest BCUT2D eigenvalue weighted by Crippen LogP contribution is -2.11. The Hall–Kier alpha value is -7.57. The van der Waals surface area contributed by atoms with Gasteiger partial charge in [0.1, 0.15) is 27.8 Å². The van der Waals surface area contributed by atoms with Crippen molar-refractivity contribution < 1.29 is 13.3 Å². The van der Waals surface area contributed by atoms with Gasteiger partial charge in [-0.3, -0.25) is 0 Å². The second kappa shape index (κ2) is 11.5. The number of rotatable bonds is 5. The molecule has 6 nitrogen and oxygen atoms in total. The van der Waals surface area contributed by atoms with Gasteiger partial charge >= 0.3 is 0 Å². The van der Waals surface area contributed by atoms with Crippen molar-refractivity contribution in [1.29, 1.82) is 0 Å². The molecular weight excluding hydrogens is 679 g/mol. The summed E-state index contributed by atoms with van der Waals surface area (Å²) in [6.07, 6.45) is 0. The smallest absolute Gasteiger partial charge is 0.227 e. The first-order valence-electron chi connectivity index (χ1n) is 18.4. The van der Waals surface area contributed by atoms with Crippen LogP contribution in [0.15, 0.2) is 189 Å². The van der Waals surface area contributed by atoms with E-state index in [4.69, 9.17) is 18.2 Å². The summed E-state index contributed by atoms with van der Waals surface area (Å²) in [4.78, 5) is 7.32. The first-order valence-corrected chi connectivity index (χ1v) is 18.4. The number of anilines is 3. The molecule has 258 valence electrons. The summed E-state index contributed by atoms with van der Waals surface area (Å²) >= 11 is 0. The van der Waals surface area contributed by atoms with Crippen molar-refractivity contribution >= 4 is 93.8 Å². The maximum atomic E-state index is 6.64. The molecule has 0 N–H and O–H groups in total. The lowest BCUT2D eigenvalue weighted by molar-refractivity contribution is 0.617. The highest BCUT2D eigenvalue weighted by atomic mass is 16.4. The van der Waals surface area contributed by atoms with Crippen molar-refractivity contribution in [3.05, 3.63) is 176 Å². The minimum absolute atomic E-state index is 0.580. The molecule has 4 heterocycles. The first kappa shape index (κ1) is 29.9. The molecule has 0 atom stereocenters. The first-order chi connectivity index (χ1) is 27.3. The van der Waals surface area contributed by atoms with E-state index in [9.17, 15) is 0 Å². The van der Waals surface area contributed by atoms with Crippen LogP contribution in [0.3, 0.4) is 0 Å². The summed E-state index contributed by atoms with van der Waals surface area (Å²) in [6.45, 7) is 0. The molecule has 0 saturated heterocycles. The van der Waals surface area contributed by atoms with Crippen LogP contribution in [0.4, 0.5) is 17.1 Å². The minimum atomic E-state index is 0.580. The quantitative estimate of drug-likeness (QED) is 0.178. The average molecular weight is 708 g/mol. The molecule has 55 heavy (non-hydrogen) atoms. The van der Waals surface area contributed by atoms with Crippen LogP contribution in [0.25, 0.3) is 93.9 Å². The highest BCUT2D eigenvalue weighted by Crippen LogP contribution is 2.48. The Bertz CT molecular complexity index is 3440. The van der Waals surface area contributed by atoms with Gasteiger partial charge in [0.15, 0.2) is 5.58 Å². The zero-order valence-corrected chi connectivity index (χ0v) is 29.3. The van der Waals surface area contributed by atoms with Gasteiger partial charge in [0.05, 0.1) is 27.8 Å². The maximum absolute atomic E-state index is 6.64. The van der Waals surface area contributed by atoms with Crippen LogP contribution in [-0.2, 0) is 0 Å². The van der Waals surface area contributed by atoms with E-state index in [0.29, 0.717) is 11.5 Å². The van der Waals surface area contributed by atoms with E-state index in [1.54, 1.807) is 0 Å². The fraction of sp³-hybridized carbons (Fsp3) is 0. The van der Waals surface area contributed by atoms with Gasteiger partial charge in [0, 0.05) is 49.9 Å². The Morgan fingerprint density at radius 1 is 0.418 bits per heavy atom. The Morgan fingerprint density at radius 3 is 1.96 bits per heavy atom. The highest BCUT2D eigenvalue weighted by molar-refractivity contribution is 6.20. The summed E-state index contributed by atoms with van der Waals surface area (Å²) in [6, 6.07) is 60.9. The number of nitrogens with zero attached hydrogens (tertiary/aromatic N) is 3. The number of fused-ring (bicyclic) bond motifs is 10. The van der Waals surface area contributed by atoms with Crippen LogP contribution < -0.4 is 4.90 Å². The Kier molecular flexibility index (Phi) is 6.24. The third kappa shape index (κ3) is 4.46. The summed E-state index contributed by atoms with van der Waals surface area (Å²) < 4.78 is 21.6. The maximum Gasteiger partial charge on any atom is 0.227 e. The zero-order valence-electron chi connectivity index (χ0n) is 29.3. The van der Waals surface area contributed by atoms with Gasteiger partial charge in [-0.15, -0.1) is 0 Å². The number of benzene rings is 8. The van der Waals surface area contributed by atoms with Gasteiger partial charge < -0.3 is 22.7 Å². The second-order valence-corrected chi connectivity index (χ2v) is 13.9. The van der Waals surface area contributed by atoms with E-state index in [2.05, 4.69) is 131 Å². The van der Waals surface area contributed by atoms with E-state index in [1.807, 2.05) is 54.6 Å². The van der Waals surface area contributed by atoms with Crippen LogP contribution in [0.5, 0.6) is 0 Å². The van der Waals surface area contributed by atoms with Crippen LogP contribution in [0, 0.1) is 0 Å². The third-order valence-corrected chi connectivity index (χ3v) is 10.8. The van der Waals surface area contributed by atoms with Crippen molar-refractivity contribution in [3.63, 3.8) is 0 Å². The van der Waals surface area contributed by atoms with E-state index in [-0.39, 0.29) is 0 Å². The summed E-state index contributed by atoms with van der Waals surface area (Å²) in [5.74, 6) is 0.580. The molecule has 0 unspecified atom stereocenters.